The molecule has 5 aromatic rings. The number of carbonyl (C=O) groups is 1. The Balaban J connectivity index is 1.02. The number of pyridine rings is 4. The Morgan fingerprint density at radius 1 is 0.789 bits per heavy atom. The van der Waals surface area contributed by atoms with E-state index in [2.05, 4.69) is 26.3 Å². The number of nitrogens with zero attached hydrogens (tertiary/aromatic N) is 7. The molecule has 188 valence electrons. The molecule has 7 rings (SSSR count). The lowest BCUT2D eigenvalue weighted by Gasteiger charge is -2.23. The highest BCUT2D eigenvalue weighted by molar-refractivity contribution is 5.95. The van der Waals surface area contributed by atoms with E-state index in [1.165, 1.54) is 0 Å². The molecule has 2 atom stereocenters. The van der Waals surface area contributed by atoms with Gasteiger partial charge in [-0.25, -0.2) is 19.9 Å². The fourth-order valence-electron chi connectivity index (χ4n) is 5.53. The van der Waals surface area contributed by atoms with Crippen molar-refractivity contribution in [3.05, 3.63) is 97.1 Å². The molecule has 0 saturated carbocycles. The first kappa shape index (κ1) is 22.4. The molecule has 0 aliphatic carbocycles. The van der Waals surface area contributed by atoms with Crippen LogP contribution in [0.5, 0.6) is 0 Å². The number of hydrogen-bond donors (Lipinski definition) is 1. The minimum absolute atomic E-state index is 0.0457. The van der Waals surface area contributed by atoms with Crippen LogP contribution in [0, 0.1) is 11.8 Å². The average Bonchev–Trinajstić information content (AvgIpc) is 3.67. The van der Waals surface area contributed by atoms with Crippen LogP contribution in [0.1, 0.15) is 10.4 Å². The van der Waals surface area contributed by atoms with Crippen LogP contribution in [0.25, 0.3) is 17.0 Å². The van der Waals surface area contributed by atoms with Gasteiger partial charge in [0.05, 0.1) is 5.69 Å². The van der Waals surface area contributed by atoms with Crippen LogP contribution in [0.4, 0.5) is 17.5 Å². The minimum atomic E-state index is 0.0457. The summed E-state index contributed by atoms with van der Waals surface area (Å²) < 4.78 is 2.01. The topological polar surface area (TPSA) is 91.6 Å². The van der Waals surface area contributed by atoms with Crippen molar-refractivity contribution in [2.75, 3.05) is 36.4 Å². The summed E-state index contributed by atoms with van der Waals surface area (Å²) in [7, 11) is 0. The van der Waals surface area contributed by atoms with Crippen molar-refractivity contribution >= 4 is 29.0 Å². The lowest BCUT2D eigenvalue weighted by Crippen LogP contribution is -2.33. The molecule has 9 heteroatoms. The minimum Gasteiger partial charge on any atom is -0.356 e. The average molecular weight is 503 g/mol. The molecule has 9 nitrogen and oxygen atoms in total. The molecule has 2 aliphatic rings. The quantitative estimate of drug-likeness (QED) is 0.386. The zero-order valence-corrected chi connectivity index (χ0v) is 20.7. The number of likely N-dealkylation sites (tertiary alicyclic amines) is 1. The fourth-order valence-corrected chi connectivity index (χ4v) is 5.53. The van der Waals surface area contributed by atoms with Gasteiger partial charge in [-0.2, -0.15) is 0 Å². The summed E-state index contributed by atoms with van der Waals surface area (Å²) in [6, 6.07) is 21.3. The Bertz CT molecular complexity index is 1570. The van der Waals surface area contributed by atoms with Crippen LogP contribution in [-0.4, -0.2) is 61.3 Å². The predicted molar refractivity (Wildman–Crippen MR) is 145 cm³/mol. The number of rotatable bonds is 5. The highest BCUT2D eigenvalue weighted by atomic mass is 16.2. The normalized spacial score (nSPS) is 18.6. The van der Waals surface area contributed by atoms with E-state index in [1.807, 2.05) is 70.2 Å². The zero-order valence-electron chi connectivity index (χ0n) is 20.7. The molecule has 2 aliphatic heterocycles. The Morgan fingerprint density at radius 2 is 1.63 bits per heavy atom. The zero-order chi connectivity index (χ0) is 25.5. The van der Waals surface area contributed by atoms with Crippen molar-refractivity contribution in [2.24, 2.45) is 11.8 Å². The van der Waals surface area contributed by atoms with E-state index in [9.17, 15) is 4.79 Å². The lowest BCUT2D eigenvalue weighted by molar-refractivity contribution is 0.0782. The molecular formula is C29H26N8O. The van der Waals surface area contributed by atoms with Crippen LogP contribution in [0.3, 0.4) is 0 Å². The second-order valence-corrected chi connectivity index (χ2v) is 9.88. The SMILES string of the molecule is O=C(c1ccnc(Nc2ccccn2)c1)N1CC2CN(c3cccc(-c4cn5ccccc5n4)n3)CC2C1. The maximum absolute atomic E-state index is 13.3. The maximum Gasteiger partial charge on any atom is 0.254 e. The summed E-state index contributed by atoms with van der Waals surface area (Å²) in [6.45, 7) is 3.27. The number of anilines is 3. The summed E-state index contributed by atoms with van der Waals surface area (Å²) >= 11 is 0. The molecule has 0 bridgehead atoms. The van der Waals surface area contributed by atoms with E-state index in [4.69, 9.17) is 9.97 Å². The fraction of sp³-hybridized carbons (Fsp3) is 0.207. The van der Waals surface area contributed by atoms with E-state index in [0.717, 1.165) is 49.0 Å². The van der Waals surface area contributed by atoms with Gasteiger partial charge in [0.25, 0.3) is 5.91 Å². The van der Waals surface area contributed by atoms with Gasteiger partial charge in [0.1, 0.15) is 28.8 Å². The van der Waals surface area contributed by atoms with Gasteiger partial charge in [-0.05, 0) is 48.5 Å². The van der Waals surface area contributed by atoms with Crippen molar-refractivity contribution in [3.63, 3.8) is 0 Å². The largest absolute Gasteiger partial charge is 0.356 e. The van der Waals surface area contributed by atoms with E-state index < -0.39 is 0 Å². The molecule has 0 radical (unpaired) electrons. The summed E-state index contributed by atoms with van der Waals surface area (Å²) in [5.74, 6) is 3.16. The Morgan fingerprint density at radius 3 is 2.45 bits per heavy atom. The first-order chi connectivity index (χ1) is 18.7. The first-order valence-corrected chi connectivity index (χ1v) is 12.8. The molecule has 1 amide bonds. The van der Waals surface area contributed by atoms with E-state index >= 15 is 0 Å². The molecule has 2 fully saturated rings. The van der Waals surface area contributed by atoms with E-state index in [0.29, 0.717) is 29.0 Å². The molecule has 1 N–H and O–H groups in total. The van der Waals surface area contributed by atoms with Crippen LogP contribution >= 0.6 is 0 Å². The standard InChI is InChI=1S/C29H26N8O/c38-29(20-10-12-31-26(14-20)34-25-7-1-3-11-30-25)37-17-21-15-36(16-22(21)18-37)28-9-5-6-23(32-28)24-19-35-13-4-2-8-27(35)33-24/h1-14,19,21-22H,15-18H2,(H,30,31,34). The highest BCUT2D eigenvalue weighted by Crippen LogP contribution is 2.34. The number of fused-ring (bicyclic) bond motifs is 2. The van der Waals surface area contributed by atoms with E-state index in [1.54, 1.807) is 24.5 Å². The Kier molecular flexibility index (Phi) is 5.46. The summed E-state index contributed by atoms with van der Waals surface area (Å²) in [5.41, 5.74) is 3.28. The van der Waals surface area contributed by atoms with Gasteiger partial charge >= 0.3 is 0 Å². The summed E-state index contributed by atoms with van der Waals surface area (Å²) in [6.07, 6.45) is 7.39. The third-order valence-electron chi connectivity index (χ3n) is 7.39. The van der Waals surface area contributed by atoms with Gasteiger partial charge in [0.2, 0.25) is 0 Å². The van der Waals surface area contributed by atoms with Crippen molar-refractivity contribution in [3.8, 4) is 11.4 Å². The van der Waals surface area contributed by atoms with Crippen LogP contribution < -0.4 is 10.2 Å². The number of imidazole rings is 1. The van der Waals surface area contributed by atoms with Gasteiger partial charge in [0, 0.05) is 68.4 Å². The Hall–Kier alpha value is -4.79. The molecule has 38 heavy (non-hydrogen) atoms. The van der Waals surface area contributed by atoms with Crippen molar-refractivity contribution in [1.29, 1.82) is 0 Å². The first-order valence-electron chi connectivity index (χ1n) is 12.8. The molecule has 2 unspecified atom stereocenters. The lowest BCUT2D eigenvalue weighted by atomic mass is 10.0. The second-order valence-electron chi connectivity index (χ2n) is 9.88. The molecule has 5 aromatic heterocycles. The second kappa shape index (κ2) is 9.26. The van der Waals surface area contributed by atoms with Crippen LogP contribution in [0.15, 0.2) is 91.5 Å². The van der Waals surface area contributed by atoms with Crippen molar-refractivity contribution in [1.82, 2.24) is 29.2 Å². The van der Waals surface area contributed by atoms with E-state index in [-0.39, 0.29) is 5.91 Å². The number of aromatic nitrogens is 5. The molecule has 0 aromatic carbocycles. The molecule has 2 saturated heterocycles. The monoisotopic (exact) mass is 502 g/mol. The highest BCUT2D eigenvalue weighted by Gasteiger charge is 2.42. The smallest absolute Gasteiger partial charge is 0.254 e. The number of amides is 1. The van der Waals surface area contributed by atoms with Crippen molar-refractivity contribution < 1.29 is 4.79 Å². The van der Waals surface area contributed by atoms with Gasteiger partial charge in [-0.3, -0.25) is 4.79 Å². The Labute approximate surface area is 219 Å². The van der Waals surface area contributed by atoms with Crippen LogP contribution in [0.2, 0.25) is 0 Å². The number of hydrogen-bond acceptors (Lipinski definition) is 7. The number of nitrogens with one attached hydrogen (secondary N) is 1. The summed E-state index contributed by atoms with van der Waals surface area (Å²) in [5, 5.41) is 3.17. The summed E-state index contributed by atoms with van der Waals surface area (Å²) in [4.78, 5) is 35.9. The van der Waals surface area contributed by atoms with Gasteiger partial charge in [-0.15, -0.1) is 0 Å². The maximum atomic E-state index is 13.3. The van der Waals surface area contributed by atoms with Gasteiger partial charge in [-0.1, -0.05) is 18.2 Å². The van der Waals surface area contributed by atoms with Gasteiger partial charge in [0.15, 0.2) is 0 Å². The third kappa shape index (κ3) is 4.21. The molecule has 7 heterocycles. The van der Waals surface area contributed by atoms with Gasteiger partial charge < -0.3 is 19.5 Å². The number of carbonyl (C=O) groups excluding carboxylic acids is 1. The predicted octanol–water partition coefficient (Wildman–Crippen LogP) is 4.14. The van der Waals surface area contributed by atoms with Crippen molar-refractivity contribution in [2.45, 2.75) is 0 Å². The molecular weight excluding hydrogens is 476 g/mol. The molecule has 0 spiro atoms. The van der Waals surface area contributed by atoms with Crippen LogP contribution in [-0.2, 0) is 0 Å². The third-order valence-corrected chi connectivity index (χ3v) is 7.39.